The molecule has 3 nitrogen and oxygen atoms in total. The molecule has 0 aromatic heterocycles. The van der Waals surface area contributed by atoms with Crippen LogP contribution in [0.15, 0.2) is 0 Å². The van der Waals surface area contributed by atoms with Gasteiger partial charge in [-0.3, -0.25) is 0 Å². The van der Waals surface area contributed by atoms with Gasteiger partial charge in [0.05, 0.1) is 17.2 Å². The molecule has 4 heteroatoms. The maximum atomic E-state index is 5.60. The van der Waals surface area contributed by atoms with Gasteiger partial charge in [-0.25, -0.2) is 0 Å². The number of rotatable bonds is 6. The Balaban J connectivity index is 3.45. The van der Waals surface area contributed by atoms with Gasteiger partial charge in [-0.1, -0.05) is 12.2 Å². The zero-order valence-corrected chi connectivity index (χ0v) is 10.5. The Kier molecular flexibility index (Phi) is 6.24. The highest BCUT2D eigenvalue weighted by Crippen LogP contribution is 2.05. The standard InChI is InChI=1S/C10H22N2OS/c1-10(2,3)13-8-7-12(4)6-5-9(11)14/h5-8H2,1-4H3,(H2,11,14). The summed E-state index contributed by atoms with van der Waals surface area (Å²) in [6, 6.07) is 0. The molecule has 0 bridgehead atoms. The first-order valence-corrected chi connectivity index (χ1v) is 5.33. The van der Waals surface area contributed by atoms with Crippen LogP contribution >= 0.6 is 12.2 Å². The summed E-state index contributed by atoms with van der Waals surface area (Å²) in [6.07, 6.45) is 0.779. The lowest BCUT2D eigenvalue weighted by molar-refractivity contribution is -0.0105. The molecule has 14 heavy (non-hydrogen) atoms. The van der Waals surface area contributed by atoms with E-state index in [9.17, 15) is 0 Å². The van der Waals surface area contributed by atoms with Gasteiger partial charge < -0.3 is 15.4 Å². The third-order valence-corrected chi connectivity index (χ3v) is 1.95. The van der Waals surface area contributed by atoms with E-state index < -0.39 is 0 Å². The van der Waals surface area contributed by atoms with Gasteiger partial charge in [0.25, 0.3) is 0 Å². The minimum absolute atomic E-state index is 0.0516. The summed E-state index contributed by atoms with van der Waals surface area (Å²) >= 11 is 4.81. The third kappa shape index (κ3) is 9.89. The summed E-state index contributed by atoms with van der Waals surface area (Å²) in [5.74, 6) is 0. The smallest absolute Gasteiger partial charge is 0.0740 e. The summed E-state index contributed by atoms with van der Waals surface area (Å²) in [5, 5.41) is 0. The van der Waals surface area contributed by atoms with Gasteiger partial charge in [0.15, 0.2) is 0 Å². The Morgan fingerprint density at radius 3 is 2.36 bits per heavy atom. The molecule has 0 saturated heterocycles. The molecular formula is C10H22N2OS. The van der Waals surface area contributed by atoms with Crippen LogP contribution in [0.2, 0.25) is 0 Å². The molecule has 0 unspecified atom stereocenters. The predicted octanol–water partition coefficient (Wildman–Crippen LogP) is 1.41. The Bertz CT molecular complexity index is 177. The van der Waals surface area contributed by atoms with Crippen LogP contribution in [0.4, 0.5) is 0 Å². The number of ether oxygens (including phenoxy) is 1. The monoisotopic (exact) mass is 218 g/mol. The van der Waals surface area contributed by atoms with Gasteiger partial charge in [-0.2, -0.15) is 0 Å². The van der Waals surface area contributed by atoms with Crippen LogP contribution in [0.5, 0.6) is 0 Å². The normalized spacial score (nSPS) is 12.1. The number of hydrogen-bond acceptors (Lipinski definition) is 3. The molecule has 0 heterocycles. The van der Waals surface area contributed by atoms with Gasteiger partial charge in [-0.15, -0.1) is 0 Å². The van der Waals surface area contributed by atoms with Crippen LogP contribution in [0, 0.1) is 0 Å². The third-order valence-electron chi connectivity index (χ3n) is 1.75. The largest absolute Gasteiger partial charge is 0.393 e. The summed E-state index contributed by atoms with van der Waals surface area (Å²) in [7, 11) is 2.05. The van der Waals surface area contributed by atoms with Crippen molar-refractivity contribution in [3.05, 3.63) is 0 Å². The SMILES string of the molecule is CN(CCOC(C)(C)C)CCC(N)=S. The summed E-state index contributed by atoms with van der Waals surface area (Å²) in [4.78, 5) is 2.75. The van der Waals surface area contributed by atoms with Crippen molar-refractivity contribution in [3.8, 4) is 0 Å². The molecule has 0 spiro atoms. The molecular weight excluding hydrogens is 196 g/mol. The minimum atomic E-state index is -0.0516. The molecule has 0 saturated carbocycles. The topological polar surface area (TPSA) is 38.5 Å². The second kappa shape index (κ2) is 6.32. The molecule has 0 amide bonds. The highest BCUT2D eigenvalue weighted by Gasteiger charge is 2.09. The van der Waals surface area contributed by atoms with Crippen LogP contribution < -0.4 is 5.73 Å². The molecule has 0 fully saturated rings. The van der Waals surface area contributed by atoms with Crippen LogP contribution in [-0.2, 0) is 4.74 Å². The Morgan fingerprint density at radius 1 is 1.36 bits per heavy atom. The van der Waals surface area contributed by atoms with E-state index in [0.717, 1.165) is 26.1 Å². The van der Waals surface area contributed by atoms with Crippen LogP contribution in [-0.4, -0.2) is 42.2 Å². The van der Waals surface area contributed by atoms with Gasteiger partial charge in [0, 0.05) is 19.5 Å². The van der Waals surface area contributed by atoms with E-state index in [2.05, 4.69) is 25.7 Å². The highest BCUT2D eigenvalue weighted by molar-refractivity contribution is 7.80. The van der Waals surface area contributed by atoms with Crippen LogP contribution in [0.25, 0.3) is 0 Å². The van der Waals surface area contributed by atoms with Gasteiger partial charge in [0.1, 0.15) is 0 Å². The second-order valence-electron chi connectivity index (χ2n) is 4.48. The first kappa shape index (κ1) is 13.8. The molecule has 2 N–H and O–H groups in total. The molecule has 0 aliphatic rings. The minimum Gasteiger partial charge on any atom is -0.393 e. The lowest BCUT2D eigenvalue weighted by Crippen LogP contribution is -2.30. The quantitative estimate of drug-likeness (QED) is 0.684. The summed E-state index contributed by atoms with van der Waals surface area (Å²) in [5.41, 5.74) is 5.36. The summed E-state index contributed by atoms with van der Waals surface area (Å²) in [6.45, 7) is 8.74. The number of thiocarbonyl (C=S) groups is 1. The van der Waals surface area contributed by atoms with E-state index in [0.29, 0.717) is 4.99 Å². The molecule has 0 atom stereocenters. The number of likely N-dealkylation sites (N-methyl/N-ethyl adjacent to an activating group) is 1. The van der Waals surface area contributed by atoms with Crippen molar-refractivity contribution in [2.45, 2.75) is 32.8 Å². The fourth-order valence-corrected chi connectivity index (χ4v) is 1.01. The lowest BCUT2D eigenvalue weighted by atomic mass is 10.2. The zero-order chi connectivity index (χ0) is 11.2. The molecule has 0 aliphatic heterocycles. The van der Waals surface area contributed by atoms with E-state index in [1.807, 2.05) is 7.05 Å². The Labute approximate surface area is 92.6 Å². The average molecular weight is 218 g/mol. The molecule has 0 aliphatic carbocycles. The van der Waals surface area contributed by atoms with E-state index >= 15 is 0 Å². The fourth-order valence-electron chi connectivity index (χ4n) is 0.921. The van der Waals surface area contributed by atoms with Crippen molar-refractivity contribution in [1.82, 2.24) is 4.90 Å². The fraction of sp³-hybridized carbons (Fsp3) is 0.900. The van der Waals surface area contributed by atoms with Gasteiger partial charge in [0.2, 0.25) is 0 Å². The maximum Gasteiger partial charge on any atom is 0.0740 e. The van der Waals surface area contributed by atoms with E-state index in [4.69, 9.17) is 22.7 Å². The molecule has 0 radical (unpaired) electrons. The first-order valence-electron chi connectivity index (χ1n) is 4.92. The number of hydrogen-bond donors (Lipinski definition) is 1. The van der Waals surface area contributed by atoms with E-state index in [-0.39, 0.29) is 5.60 Å². The lowest BCUT2D eigenvalue weighted by Gasteiger charge is -2.22. The van der Waals surface area contributed by atoms with Crippen molar-refractivity contribution in [2.75, 3.05) is 26.7 Å². The second-order valence-corrected chi connectivity index (χ2v) is 5.00. The van der Waals surface area contributed by atoms with Crippen molar-refractivity contribution < 1.29 is 4.74 Å². The van der Waals surface area contributed by atoms with Crippen molar-refractivity contribution in [2.24, 2.45) is 5.73 Å². The van der Waals surface area contributed by atoms with Crippen molar-refractivity contribution in [3.63, 3.8) is 0 Å². The van der Waals surface area contributed by atoms with Crippen molar-refractivity contribution in [1.29, 1.82) is 0 Å². The van der Waals surface area contributed by atoms with Crippen molar-refractivity contribution >= 4 is 17.2 Å². The first-order chi connectivity index (χ1) is 6.31. The van der Waals surface area contributed by atoms with E-state index in [1.54, 1.807) is 0 Å². The van der Waals surface area contributed by atoms with Gasteiger partial charge >= 0.3 is 0 Å². The zero-order valence-electron chi connectivity index (χ0n) is 9.67. The van der Waals surface area contributed by atoms with Crippen LogP contribution in [0.1, 0.15) is 27.2 Å². The molecule has 84 valence electrons. The number of nitrogens with two attached hydrogens (primary N) is 1. The predicted molar refractivity (Wildman–Crippen MR) is 64.6 cm³/mol. The maximum absolute atomic E-state index is 5.60. The molecule has 0 aromatic rings. The molecule has 0 aromatic carbocycles. The van der Waals surface area contributed by atoms with Gasteiger partial charge in [-0.05, 0) is 27.8 Å². The van der Waals surface area contributed by atoms with E-state index in [1.165, 1.54) is 0 Å². The Morgan fingerprint density at radius 2 is 1.93 bits per heavy atom. The highest BCUT2D eigenvalue weighted by atomic mass is 32.1. The Hall–Kier alpha value is -0.190. The summed E-state index contributed by atoms with van der Waals surface area (Å²) < 4.78 is 5.60. The van der Waals surface area contributed by atoms with Crippen LogP contribution in [0.3, 0.4) is 0 Å². The number of nitrogens with zero attached hydrogens (tertiary/aromatic N) is 1. The average Bonchev–Trinajstić information content (AvgIpc) is 1.98. The molecule has 0 rings (SSSR count).